The summed E-state index contributed by atoms with van der Waals surface area (Å²) >= 11 is 0. The molecule has 8 nitrogen and oxygen atoms in total. The van der Waals surface area contributed by atoms with Crippen molar-refractivity contribution in [1.29, 1.82) is 5.26 Å². The summed E-state index contributed by atoms with van der Waals surface area (Å²) in [6.07, 6.45) is 4.25. The summed E-state index contributed by atoms with van der Waals surface area (Å²) in [5, 5.41) is 17.5. The lowest BCUT2D eigenvalue weighted by molar-refractivity contribution is 0.00790. The van der Waals surface area contributed by atoms with Crippen LogP contribution in [0.15, 0.2) is 17.0 Å². The fourth-order valence-corrected chi connectivity index (χ4v) is 4.19. The molecule has 1 aromatic rings. The van der Waals surface area contributed by atoms with Crippen molar-refractivity contribution < 1.29 is 13.2 Å². The van der Waals surface area contributed by atoms with Crippen LogP contribution in [0.25, 0.3) is 0 Å². The van der Waals surface area contributed by atoms with Crippen LogP contribution in [0, 0.1) is 11.3 Å². The minimum Gasteiger partial charge on any atom is -0.379 e. The molecular formula is C16H23N5O3S. The first-order valence-electron chi connectivity index (χ1n) is 8.49. The van der Waals surface area contributed by atoms with Crippen LogP contribution in [0.3, 0.4) is 0 Å². The van der Waals surface area contributed by atoms with Gasteiger partial charge < -0.3 is 10.1 Å². The molecule has 0 aromatic carbocycles. The Morgan fingerprint density at radius 1 is 1.24 bits per heavy atom. The average molecular weight is 365 g/mol. The second kappa shape index (κ2) is 7.66. The Balaban J connectivity index is 1.59. The first-order chi connectivity index (χ1) is 12.0. The SMILES string of the molecule is N#Cc1nc(N[C@H]2CC[C@H](N3CCOCC3)CC2)ccc1S(N)(=O)=O. The summed E-state index contributed by atoms with van der Waals surface area (Å²) in [5.41, 5.74) is -0.172. The van der Waals surface area contributed by atoms with E-state index < -0.39 is 10.0 Å². The second-order valence-corrected chi connectivity index (χ2v) is 8.03. The van der Waals surface area contributed by atoms with Crippen LogP contribution < -0.4 is 10.5 Å². The third-order valence-electron chi connectivity index (χ3n) is 4.88. The maximum atomic E-state index is 11.5. The predicted octanol–water partition coefficient (Wildman–Crippen LogP) is 0.656. The normalized spacial score (nSPS) is 25.3. The van der Waals surface area contributed by atoms with Crippen LogP contribution in [0.1, 0.15) is 31.4 Å². The second-order valence-electron chi connectivity index (χ2n) is 6.50. The van der Waals surface area contributed by atoms with Gasteiger partial charge in [0.15, 0.2) is 5.69 Å². The number of sulfonamides is 1. The van der Waals surface area contributed by atoms with Gasteiger partial charge in [0.25, 0.3) is 0 Å². The molecule has 3 rings (SSSR count). The Kier molecular flexibility index (Phi) is 5.54. The number of nitriles is 1. The molecule has 1 aromatic heterocycles. The number of hydrogen-bond acceptors (Lipinski definition) is 7. The molecule has 1 saturated carbocycles. The van der Waals surface area contributed by atoms with Crippen LogP contribution in [0.4, 0.5) is 5.82 Å². The molecular weight excluding hydrogens is 342 g/mol. The van der Waals surface area contributed by atoms with E-state index in [1.807, 2.05) is 0 Å². The fourth-order valence-electron chi connectivity index (χ4n) is 3.57. The van der Waals surface area contributed by atoms with Gasteiger partial charge in [0, 0.05) is 25.2 Å². The van der Waals surface area contributed by atoms with Gasteiger partial charge in [-0.15, -0.1) is 0 Å². The molecule has 25 heavy (non-hydrogen) atoms. The standard InChI is InChI=1S/C16H23N5O3S/c17-11-14-15(25(18,22)23)5-6-16(20-14)19-12-1-3-13(4-2-12)21-7-9-24-10-8-21/h5-6,12-13H,1-4,7-10H2,(H,19,20)(H2,18,22,23)/t12-,13-. The van der Waals surface area contributed by atoms with E-state index in [4.69, 9.17) is 15.1 Å². The van der Waals surface area contributed by atoms with E-state index in [0.717, 1.165) is 52.0 Å². The van der Waals surface area contributed by atoms with Crippen LogP contribution in [-0.4, -0.2) is 56.7 Å². The molecule has 0 bridgehead atoms. The maximum absolute atomic E-state index is 11.5. The van der Waals surface area contributed by atoms with Crippen molar-refractivity contribution >= 4 is 15.8 Å². The van der Waals surface area contributed by atoms with Crippen molar-refractivity contribution in [1.82, 2.24) is 9.88 Å². The minimum absolute atomic E-state index is 0.172. The number of pyridine rings is 1. The number of ether oxygens (including phenoxy) is 1. The van der Waals surface area contributed by atoms with Crippen molar-refractivity contribution in [2.24, 2.45) is 5.14 Å². The zero-order valence-electron chi connectivity index (χ0n) is 14.0. The number of aromatic nitrogens is 1. The van der Waals surface area contributed by atoms with Gasteiger partial charge in [-0.05, 0) is 37.8 Å². The Bertz CT molecular complexity index is 748. The molecule has 2 fully saturated rings. The number of morpholine rings is 1. The van der Waals surface area contributed by atoms with Gasteiger partial charge in [-0.25, -0.2) is 18.5 Å². The van der Waals surface area contributed by atoms with E-state index in [2.05, 4.69) is 15.2 Å². The highest BCUT2D eigenvalue weighted by molar-refractivity contribution is 7.89. The molecule has 0 amide bonds. The first kappa shape index (κ1) is 18.1. The van der Waals surface area contributed by atoms with Gasteiger partial charge in [-0.2, -0.15) is 5.26 Å². The van der Waals surface area contributed by atoms with E-state index in [1.54, 1.807) is 12.1 Å². The van der Waals surface area contributed by atoms with Gasteiger partial charge in [-0.1, -0.05) is 0 Å². The molecule has 1 saturated heterocycles. The van der Waals surface area contributed by atoms with E-state index in [9.17, 15) is 8.42 Å². The van der Waals surface area contributed by atoms with Crippen molar-refractivity contribution in [3.63, 3.8) is 0 Å². The number of anilines is 1. The molecule has 0 atom stereocenters. The third-order valence-corrected chi connectivity index (χ3v) is 5.82. The number of rotatable bonds is 4. The fraction of sp³-hybridized carbons (Fsp3) is 0.625. The van der Waals surface area contributed by atoms with E-state index in [-0.39, 0.29) is 16.6 Å². The molecule has 0 unspecified atom stereocenters. The Labute approximate surface area is 148 Å². The summed E-state index contributed by atoms with van der Waals surface area (Å²) in [5.74, 6) is 0.513. The highest BCUT2D eigenvalue weighted by Gasteiger charge is 2.27. The smallest absolute Gasteiger partial charge is 0.240 e. The molecule has 3 N–H and O–H groups in total. The topological polar surface area (TPSA) is 121 Å². The summed E-state index contributed by atoms with van der Waals surface area (Å²) < 4.78 is 28.3. The third kappa shape index (κ3) is 4.46. The Morgan fingerprint density at radius 3 is 2.52 bits per heavy atom. The molecule has 1 aliphatic heterocycles. The molecule has 9 heteroatoms. The summed E-state index contributed by atoms with van der Waals surface area (Å²) in [4.78, 5) is 6.37. The van der Waals surface area contributed by atoms with Gasteiger partial charge in [0.05, 0.1) is 13.2 Å². The largest absolute Gasteiger partial charge is 0.379 e. The minimum atomic E-state index is -3.94. The maximum Gasteiger partial charge on any atom is 0.240 e. The van der Waals surface area contributed by atoms with Crippen LogP contribution in [0.2, 0.25) is 0 Å². The highest BCUT2D eigenvalue weighted by Crippen LogP contribution is 2.26. The molecule has 0 spiro atoms. The van der Waals surface area contributed by atoms with Crippen LogP contribution in [-0.2, 0) is 14.8 Å². The highest BCUT2D eigenvalue weighted by atomic mass is 32.2. The zero-order valence-corrected chi connectivity index (χ0v) is 14.8. The van der Waals surface area contributed by atoms with Gasteiger partial charge in [-0.3, -0.25) is 4.90 Å². The van der Waals surface area contributed by atoms with Crippen LogP contribution in [0.5, 0.6) is 0 Å². The lowest BCUT2D eigenvalue weighted by Crippen LogP contribution is -2.46. The lowest BCUT2D eigenvalue weighted by atomic mass is 9.90. The quantitative estimate of drug-likeness (QED) is 0.803. The van der Waals surface area contributed by atoms with Crippen molar-refractivity contribution in [3.8, 4) is 6.07 Å². The number of primary sulfonamides is 1. The average Bonchev–Trinajstić information content (AvgIpc) is 2.62. The predicted molar refractivity (Wildman–Crippen MR) is 92.4 cm³/mol. The summed E-state index contributed by atoms with van der Waals surface area (Å²) in [6.45, 7) is 3.64. The molecule has 136 valence electrons. The summed E-state index contributed by atoms with van der Waals surface area (Å²) in [6, 6.07) is 5.58. The number of nitrogens with two attached hydrogens (primary N) is 1. The number of nitrogens with one attached hydrogen (secondary N) is 1. The first-order valence-corrected chi connectivity index (χ1v) is 10.0. The van der Waals surface area contributed by atoms with Crippen molar-refractivity contribution in [3.05, 3.63) is 17.8 Å². The van der Waals surface area contributed by atoms with E-state index in [1.165, 1.54) is 6.07 Å². The van der Waals surface area contributed by atoms with Gasteiger partial charge >= 0.3 is 0 Å². The molecule has 0 radical (unpaired) electrons. The monoisotopic (exact) mass is 365 g/mol. The Morgan fingerprint density at radius 2 is 1.92 bits per heavy atom. The van der Waals surface area contributed by atoms with Gasteiger partial charge in [0.2, 0.25) is 10.0 Å². The molecule has 2 heterocycles. The van der Waals surface area contributed by atoms with Crippen molar-refractivity contribution in [2.75, 3.05) is 31.6 Å². The van der Waals surface area contributed by atoms with E-state index >= 15 is 0 Å². The Hall–Kier alpha value is -1.73. The van der Waals surface area contributed by atoms with Gasteiger partial charge in [0.1, 0.15) is 16.8 Å². The summed E-state index contributed by atoms with van der Waals surface area (Å²) in [7, 11) is -3.94. The molecule has 1 aliphatic carbocycles. The van der Waals surface area contributed by atoms with Crippen LogP contribution >= 0.6 is 0 Å². The number of nitrogens with zero attached hydrogens (tertiary/aromatic N) is 3. The zero-order chi connectivity index (χ0) is 17.9. The number of hydrogen-bond donors (Lipinski definition) is 2. The van der Waals surface area contributed by atoms with E-state index in [0.29, 0.717) is 11.9 Å². The lowest BCUT2D eigenvalue weighted by Gasteiger charge is -2.39. The van der Waals surface area contributed by atoms with Crippen molar-refractivity contribution in [2.45, 2.75) is 42.7 Å². The molecule has 2 aliphatic rings.